The molecule has 0 heterocycles. The Morgan fingerprint density at radius 1 is 1.00 bits per heavy atom. The Hall–Kier alpha value is -2.34. The van der Waals surface area contributed by atoms with Crippen molar-refractivity contribution in [3.63, 3.8) is 0 Å². The lowest BCUT2D eigenvalue weighted by Crippen LogP contribution is -2.11. The number of amides is 1. The molecule has 0 aliphatic rings. The summed E-state index contributed by atoms with van der Waals surface area (Å²) in [6, 6.07) is 12.7. The van der Waals surface area contributed by atoms with E-state index in [1.807, 2.05) is 0 Å². The van der Waals surface area contributed by atoms with Crippen molar-refractivity contribution in [2.45, 2.75) is 4.90 Å². The highest BCUT2D eigenvalue weighted by molar-refractivity contribution is 7.90. The first-order valence-electron chi connectivity index (χ1n) is 6.15. The van der Waals surface area contributed by atoms with Crippen molar-refractivity contribution >= 4 is 21.4 Å². The molecule has 0 bridgehead atoms. The van der Waals surface area contributed by atoms with Gasteiger partial charge in [-0.15, -0.1) is 0 Å². The molecule has 1 N–H and O–H groups in total. The van der Waals surface area contributed by atoms with Gasteiger partial charge in [0.15, 0.2) is 9.84 Å². The van der Waals surface area contributed by atoms with E-state index in [-0.39, 0.29) is 10.8 Å². The summed E-state index contributed by atoms with van der Waals surface area (Å²) in [5.74, 6) is 0.397. The van der Waals surface area contributed by atoms with Crippen LogP contribution in [0.15, 0.2) is 53.4 Å². The average molecular weight is 305 g/mol. The number of sulfone groups is 1. The molecule has 0 spiro atoms. The zero-order chi connectivity index (χ0) is 15.5. The molecule has 6 heteroatoms. The van der Waals surface area contributed by atoms with E-state index < -0.39 is 9.84 Å². The number of nitrogens with one attached hydrogen (secondary N) is 1. The zero-order valence-electron chi connectivity index (χ0n) is 11.7. The van der Waals surface area contributed by atoms with Gasteiger partial charge in [0.25, 0.3) is 5.91 Å². The molecule has 1 amide bonds. The second-order valence-electron chi connectivity index (χ2n) is 4.48. The van der Waals surface area contributed by atoms with Crippen molar-refractivity contribution < 1.29 is 17.9 Å². The Labute approximate surface area is 123 Å². The Morgan fingerprint density at radius 3 is 2.05 bits per heavy atom. The molecule has 0 radical (unpaired) electrons. The molecule has 110 valence electrons. The molecule has 21 heavy (non-hydrogen) atoms. The second kappa shape index (κ2) is 5.97. The number of anilines is 1. The molecule has 5 nitrogen and oxygen atoms in total. The van der Waals surface area contributed by atoms with E-state index >= 15 is 0 Å². The lowest BCUT2D eigenvalue weighted by Gasteiger charge is -2.07. The first-order valence-corrected chi connectivity index (χ1v) is 8.05. The van der Waals surface area contributed by atoms with Gasteiger partial charge in [0.05, 0.1) is 12.0 Å². The molecule has 0 aromatic heterocycles. The Bertz CT molecular complexity index is 734. The molecule has 0 unspecified atom stereocenters. The molecule has 0 aliphatic heterocycles. The average Bonchev–Trinajstić information content (AvgIpc) is 2.47. The van der Waals surface area contributed by atoms with Crippen molar-refractivity contribution in [1.29, 1.82) is 0 Å². The smallest absolute Gasteiger partial charge is 0.255 e. The minimum atomic E-state index is -3.23. The van der Waals surface area contributed by atoms with Gasteiger partial charge in [-0.1, -0.05) is 0 Å². The summed E-state index contributed by atoms with van der Waals surface area (Å²) in [5.41, 5.74) is 1.02. The van der Waals surface area contributed by atoms with E-state index in [0.717, 1.165) is 6.26 Å². The van der Waals surface area contributed by atoms with Crippen LogP contribution in [-0.2, 0) is 9.84 Å². The number of hydrogen-bond donors (Lipinski definition) is 1. The summed E-state index contributed by atoms with van der Waals surface area (Å²) in [6.07, 6.45) is 1.14. The van der Waals surface area contributed by atoms with E-state index in [1.54, 1.807) is 43.5 Å². The summed E-state index contributed by atoms with van der Waals surface area (Å²) in [7, 11) is -1.68. The highest BCUT2D eigenvalue weighted by Crippen LogP contribution is 2.16. The van der Waals surface area contributed by atoms with Crippen LogP contribution in [0.25, 0.3) is 0 Å². The third-order valence-electron chi connectivity index (χ3n) is 2.89. The fraction of sp³-hybridized carbons (Fsp3) is 0.133. The standard InChI is InChI=1S/C15H15NO4S/c1-20-13-7-3-11(4-8-13)15(17)16-12-5-9-14(10-6-12)21(2,18)19/h3-10H,1-2H3,(H,16,17). The molecule has 2 aromatic rings. The molecular formula is C15H15NO4S. The summed E-state index contributed by atoms with van der Waals surface area (Å²) in [6.45, 7) is 0. The van der Waals surface area contributed by atoms with Crippen LogP contribution in [0.3, 0.4) is 0 Å². The predicted molar refractivity (Wildman–Crippen MR) is 80.5 cm³/mol. The quantitative estimate of drug-likeness (QED) is 0.941. The van der Waals surface area contributed by atoms with Gasteiger partial charge in [0.2, 0.25) is 0 Å². The van der Waals surface area contributed by atoms with Gasteiger partial charge in [-0.05, 0) is 48.5 Å². The first kappa shape index (κ1) is 15.1. The van der Waals surface area contributed by atoms with Crippen LogP contribution in [-0.4, -0.2) is 27.7 Å². The first-order chi connectivity index (χ1) is 9.90. The molecular weight excluding hydrogens is 290 g/mol. The number of hydrogen-bond acceptors (Lipinski definition) is 4. The molecule has 0 fully saturated rings. The topological polar surface area (TPSA) is 72.5 Å². The van der Waals surface area contributed by atoms with Crippen LogP contribution in [0, 0.1) is 0 Å². The third kappa shape index (κ3) is 3.82. The van der Waals surface area contributed by atoms with Crippen molar-refractivity contribution in [2.75, 3.05) is 18.7 Å². The van der Waals surface area contributed by atoms with Crippen molar-refractivity contribution in [3.05, 3.63) is 54.1 Å². The van der Waals surface area contributed by atoms with Crippen molar-refractivity contribution in [1.82, 2.24) is 0 Å². The van der Waals surface area contributed by atoms with E-state index in [4.69, 9.17) is 4.74 Å². The Kier molecular flexibility index (Phi) is 4.28. The zero-order valence-corrected chi connectivity index (χ0v) is 12.5. The van der Waals surface area contributed by atoms with Crippen LogP contribution in [0.2, 0.25) is 0 Å². The van der Waals surface area contributed by atoms with Crippen LogP contribution < -0.4 is 10.1 Å². The summed E-state index contributed by atoms with van der Waals surface area (Å²) < 4.78 is 27.7. The monoisotopic (exact) mass is 305 g/mol. The van der Waals surface area contributed by atoms with E-state index in [2.05, 4.69) is 5.32 Å². The SMILES string of the molecule is COc1ccc(C(=O)Nc2ccc(S(C)(=O)=O)cc2)cc1. The van der Waals surface area contributed by atoms with Gasteiger partial charge in [-0.2, -0.15) is 0 Å². The van der Waals surface area contributed by atoms with Crippen LogP contribution in [0.5, 0.6) is 5.75 Å². The Morgan fingerprint density at radius 2 is 1.57 bits per heavy atom. The number of rotatable bonds is 4. The second-order valence-corrected chi connectivity index (χ2v) is 6.49. The lowest BCUT2D eigenvalue weighted by atomic mass is 10.2. The third-order valence-corrected chi connectivity index (χ3v) is 4.02. The van der Waals surface area contributed by atoms with E-state index in [1.165, 1.54) is 12.1 Å². The van der Waals surface area contributed by atoms with E-state index in [0.29, 0.717) is 17.0 Å². The fourth-order valence-electron chi connectivity index (χ4n) is 1.73. The fourth-order valence-corrected chi connectivity index (χ4v) is 2.36. The molecule has 0 saturated carbocycles. The van der Waals surface area contributed by atoms with Gasteiger partial charge in [-0.25, -0.2) is 8.42 Å². The van der Waals surface area contributed by atoms with Crippen LogP contribution in [0.4, 0.5) is 5.69 Å². The number of carbonyl (C=O) groups is 1. The van der Waals surface area contributed by atoms with Crippen molar-refractivity contribution in [3.8, 4) is 5.75 Å². The molecule has 2 aromatic carbocycles. The van der Waals surface area contributed by atoms with Crippen molar-refractivity contribution in [2.24, 2.45) is 0 Å². The number of benzene rings is 2. The van der Waals surface area contributed by atoms with Crippen LogP contribution in [0.1, 0.15) is 10.4 Å². The lowest BCUT2D eigenvalue weighted by molar-refractivity contribution is 0.102. The number of carbonyl (C=O) groups excluding carboxylic acids is 1. The summed E-state index contributed by atoms with van der Waals surface area (Å²) >= 11 is 0. The van der Waals surface area contributed by atoms with E-state index in [9.17, 15) is 13.2 Å². The minimum Gasteiger partial charge on any atom is -0.497 e. The number of methoxy groups -OCH3 is 1. The summed E-state index contributed by atoms with van der Waals surface area (Å²) in [5, 5.41) is 2.70. The number of ether oxygens (including phenoxy) is 1. The molecule has 0 atom stereocenters. The minimum absolute atomic E-state index is 0.213. The maximum absolute atomic E-state index is 12.0. The Balaban J connectivity index is 2.12. The van der Waals surface area contributed by atoms with Gasteiger partial charge >= 0.3 is 0 Å². The van der Waals surface area contributed by atoms with Crippen LogP contribution >= 0.6 is 0 Å². The molecule has 2 rings (SSSR count). The molecule has 0 aliphatic carbocycles. The highest BCUT2D eigenvalue weighted by atomic mass is 32.2. The maximum Gasteiger partial charge on any atom is 0.255 e. The summed E-state index contributed by atoms with van der Waals surface area (Å²) in [4.78, 5) is 12.2. The maximum atomic E-state index is 12.0. The van der Waals surface area contributed by atoms with Gasteiger partial charge < -0.3 is 10.1 Å². The normalized spacial score (nSPS) is 11.0. The van der Waals surface area contributed by atoms with Gasteiger partial charge in [0, 0.05) is 17.5 Å². The highest BCUT2D eigenvalue weighted by Gasteiger charge is 2.09. The van der Waals surface area contributed by atoms with Gasteiger partial charge in [0.1, 0.15) is 5.75 Å². The van der Waals surface area contributed by atoms with Gasteiger partial charge in [-0.3, -0.25) is 4.79 Å². The largest absolute Gasteiger partial charge is 0.497 e. The predicted octanol–water partition coefficient (Wildman–Crippen LogP) is 2.35. The molecule has 0 saturated heterocycles.